The summed E-state index contributed by atoms with van der Waals surface area (Å²) in [6.07, 6.45) is 7.42. The summed E-state index contributed by atoms with van der Waals surface area (Å²) in [6.45, 7) is 0. The second-order valence-corrected chi connectivity index (χ2v) is 5.45. The van der Waals surface area contributed by atoms with Crippen LogP contribution in [-0.4, -0.2) is 29.6 Å². The molecule has 1 aliphatic carbocycles. The molecule has 2 unspecified atom stereocenters. The van der Waals surface area contributed by atoms with Crippen LogP contribution >= 0.6 is 11.8 Å². The summed E-state index contributed by atoms with van der Waals surface area (Å²) in [5, 5.41) is 4.25. The molecule has 0 bridgehead atoms. The molecule has 3 nitrogen and oxygen atoms in total. The molecule has 1 aliphatic rings. The van der Waals surface area contributed by atoms with Gasteiger partial charge in [-0.3, -0.25) is 0 Å². The van der Waals surface area contributed by atoms with Gasteiger partial charge in [0.15, 0.2) is 0 Å². The molecular weight excluding hydrogens is 232 g/mol. The number of thioether (sulfide) groups is 1. The topological polar surface area (TPSA) is 34.1 Å². The van der Waals surface area contributed by atoms with Gasteiger partial charge in [-0.2, -0.15) is 16.7 Å². The van der Waals surface area contributed by atoms with Crippen molar-refractivity contribution in [2.75, 3.05) is 18.7 Å². The van der Waals surface area contributed by atoms with E-state index in [0.717, 1.165) is 5.82 Å². The molecule has 1 aromatic heterocycles. The highest BCUT2D eigenvalue weighted by Crippen LogP contribution is 2.29. The van der Waals surface area contributed by atoms with Crippen molar-refractivity contribution in [1.29, 1.82) is 0 Å². The predicted octanol–water partition coefficient (Wildman–Crippen LogP) is 3.18. The fourth-order valence-corrected chi connectivity index (χ4v) is 3.28. The minimum Gasteiger partial charge on any atom is -0.481 e. The molecule has 0 amide bonds. The van der Waals surface area contributed by atoms with Crippen LogP contribution in [0.15, 0.2) is 18.2 Å². The quantitative estimate of drug-likeness (QED) is 0.892. The number of hydrogen-bond acceptors (Lipinski definition) is 4. The molecule has 94 valence electrons. The van der Waals surface area contributed by atoms with Crippen LogP contribution in [0.5, 0.6) is 5.88 Å². The van der Waals surface area contributed by atoms with E-state index in [-0.39, 0.29) is 0 Å². The molecular formula is C13H20N2OS. The fourth-order valence-electron chi connectivity index (χ4n) is 2.34. The van der Waals surface area contributed by atoms with Crippen LogP contribution in [-0.2, 0) is 0 Å². The minimum atomic E-state index is 0.540. The van der Waals surface area contributed by atoms with E-state index < -0.39 is 0 Å². The van der Waals surface area contributed by atoms with Crippen molar-refractivity contribution < 1.29 is 4.74 Å². The van der Waals surface area contributed by atoms with Gasteiger partial charge < -0.3 is 10.1 Å². The monoisotopic (exact) mass is 252 g/mol. The van der Waals surface area contributed by atoms with Crippen LogP contribution in [0.25, 0.3) is 0 Å². The average molecular weight is 252 g/mol. The standard InChI is InChI=1S/C13H20N2OS/c1-16-13-9-5-8-12(15-13)14-10-6-3-4-7-11(10)17-2/h5,8-11H,3-4,6-7H2,1-2H3,(H,14,15). The Kier molecular flexibility index (Phi) is 4.54. The SMILES string of the molecule is COc1cccc(NC2CCCCC2SC)n1. The summed E-state index contributed by atoms with van der Waals surface area (Å²) in [7, 11) is 1.65. The summed E-state index contributed by atoms with van der Waals surface area (Å²) in [5.74, 6) is 1.60. The lowest BCUT2D eigenvalue weighted by Crippen LogP contribution is -2.34. The van der Waals surface area contributed by atoms with Gasteiger partial charge in [0.2, 0.25) is 5.88 Å². The number of aromatic nitrogens is 1. The number of hydrogen-bond donors (Lipinski definition) is 1. The van der Waals surface area contributed by atoms with Crippen LogP contribution in [0.1, 0.15) is 25.7 Å². The zero-order valence-electron chi connectivity index (χ0n) is 10.5. The smallest absolute Gasteiger partial charge is 0.214 e. The van der Waals surface area contributed by atoms with E-state index in [1.165, 1.54) is 25.7 Å². The van der Waals surface area contributed by atoms with Crippen molar-refractivity contribution in [1.82, 2.24) is 4.98 Å². The molecule has 17 heavy (non-hydrogen) atoms. The number of methoxy groups -OCH3 is 1. The number of nitrogens with zero attached hydrogens (tertiary/aromatic N) is 1. The van der Waals surface area contributed by atoms with Crippen LogP contribution in [0.3, 0.4) is 0 Å². The Labute approximate surface area is 107 Å². The third-order valence-corrected chi connectivity index (χ3v) is 4.44. The van der Waals surface area contributed by atoms with Crippen molar-refractivity contribution >= 4 is 17.6 Å². The van der Waals surface area contributed by atoms with Gasteiger partial charge in [0.1, 0.15) is 5.82 Å². The largest absolute Gasteiger partial charge is 0.481 e. The molecule has 0 aliphatic heterocycles. The van der Waals surface area contributed by atoms with Gasteiger partial charge in [-0.1, -0.05) is 18.9 Å². The van der Waals surface area contributed by atoms with E-state index in [4.69, 9.17) is 4.74 Å². The molecule has 1 N–H and O–H groups in total. The van der Waals surface area contributed by atoms with Crippen molar-refractivity contribution in [2.24, 2.45) is 0 Å². The molecule has 0 spiro atoms. The summed E-state index contributed by atoms with van der Waals surface area (Å²) in [4.78, 5) is 4.41. The Morgan fingerprint density at radius 2 is 2.18 bits per heavy atom. The Bertz CT molecular complexity index is 359. The van der Waals surface area contributed by atoms with Crippen LogP contribution < -0.4 is 10.1 Å². The van der Waals surface area contributed by atoms with E-state index in [9.17, 15) is 0 Å². The maximum atomic E-state index is 5.14. The minimum absolute atomic E-state index is 0.540. The van der Waals surface area contributed by atoms with Gasteiger partial charge >= 0.3 is 0 Å². The Morgan fingerprint density at radius 1 is 1.35 bits per heavy atom. The van der Waals surface area contributed by atoms with Crippen molar-refractivity contribution in [3.8, 4) is 5.88 Å². The second-order valence-electron chi connectivity index (χ2n) is 4.37. The molecule has 2 rings (SSSR count). The maximum absolute atomic E-state index is 5.14. The van der Waals surface area contributed by atoms with Crippen molar-refractivity contribution in [3.05, 3.63) is 18.2 Å². The first-order valence-corrected chi connectivity index (χ1v) is 7.42. The van der Waals surface area contributed by atoms with Crippen LogP contribution in [0.4, 0.5) is 5.82 Å². The first kappa shape index (κ1) is 12.6. The van der Waals surface area contributed by atoms with Crippen molar-refractivity contribution in [3.63, 3.8) is 0 Å². The van der Waals surface area contributed by atoms with Gasteiger partial charge in [-0.25, -0.2) is 0 Å². The summed E-state index contributed by atoms with van der Waals surface area (Å²) in [5.41, 5.74) is 0. The first-order chi connectivity index (χ1) is 8.33. The number of nitrogens with one attached hydrogen (secondary N) is 1. The van der Waals surface area contributed by atoms with Crippen LogP contribution in [0.2, 0.25) is 0 Å². The van der Waals surface area contributed by atoms with Gasteiger partial charge in [0, 0.05) is 17.4 Å². The fraction of sp³-hybridized carbons (Fsp3) is 0.615. The second kappa shape index (κ2) is 6.15. The maximum Gasteiger partial charge on any atom is 0.214 e. The number of rotatable bonds is 4. The molecule has 0 saturated heterocycles. The average Bonchev–Trinajstić information content (AvgIpc) is 2.39. The lowest BCUT2D eigenvalue weighted by Gasteiger charge is -2.31. The molecule has 1 fully saturated rings. The molecule has 1 saturated carbocycles. The van der Waals surface area contributed by atoms with E-state index in [2.05, 4.69) is 16.6 Å². The summed E-state index contributed by atoms with van der Waals surface area (Å²) < 4.78 is 5.14. The number of anilines is 1. The van der Waals surface area contributed by atoms with Crippen molar-refractivity contribution in [2.45, 2.75) is 37.0 Å². The van der Waals surface area contributed by atoms with Gasteiger partial charge in [-0.05, 0) is 25.2 Å². The highest BCUT2D eigenvalue weighted by Gasteiger charge is 2.24. The molecule has 2 atom stereocenters. The zero-order chi connectivity index (χ0) is 12.1. The third kappa shape index (κ3) is 3.28. The lowest BCUT2D eigenvalue weighted by molar-refractivity contribution is 0.398. The Hall–Kier alpha value is -0.900. The normalized spacial score (nSPS) is 24.4. The predicted molar refractivity (Wildman–Crippen MR) is 74.0 cm³/mol. The van der Waals surface area contributed by atoms with Crippen LogP contribution in [0, 0.1) is 0 Å². The highest BCUT2D eigenvalue weighted by atomic mass is 32.2. The first-order valence-electron chi connectivity index (χ1n) is 6.14. The number of ether oxygens (including phenoxy) is 1. The molecule has 1 aromatic rings. The highest BCUT2D eigenvalue weighted by molar-refractivity contribution is 7.99. The molecule has 0 aromatic carbocycles. The Balaban J connectivity index is 2.02. The van der Waals surface area contributed by atoms with Gasteiger partial charge in [0.05, 0.1) is 7.11 Å². The third-order valence-electron chi connectivity index (χ3n) is 3.27. The molecule has 4 heteroatoms. The van der Waals surface area contributed by atoms with E-state index >= 15 is 0 Å². The summed E-state index contributed by atoms with van der Waals surface area (Å²) >= 11 is 1.96. The Morgan fingerprint density at radius 3 is 2.94 bits per heavy atom. The van der Waals surface area contributed by atoms with E-state index in [0.29, 0.717) is 17.2 Å². The van der Waals surface area contributed by atoms with E-state index in [1.807, 2.05) is 30.0 Å². The zero-order valence-corrected chi connectivity index (χ0v) is 11.3. The lowest BCUT2D eigenvalue weighted by atomic mass is 9.95. The molecule has 0 radical (unpaired) electrons. The van der Waals surface area contributed by atoms with Gasteiger partial charge in [0.25, 0.3) is 0 Å². The number of pyridine rings is 1. The molecule has 1 heterocycles. The van der Waals surface area contributed by atoms with Gasteiger partial charge in [-0.15, -0.1) is 0 Å². The van der Waals surface area contributed by atoms with E-state index in [1.54, 1.807) is 7.11 Å². The summed E-state index contributed by atoms with van der Waals surface area (Å²) in [6, 6.07) is 6.40.